The summed E-state index contributed by atoms with van der Waals surface area (Å²) in [5.74, 6) is 1.26. The SMILES string of the molecule is COc1ccc(/C=N\NC(=O)CSc2nc3ccccc3n2C)cc1OC. The molecule has 0 fully saturated rings. The first kappa shape index (κ1) is 18.8. The topological polar surface area (TPSA) is 77.7 Å². The van der Waals surface area contributed by atoms with E-state index in [4.69, 9.17) is 9.47 Å². The zero-order chi connectivity index (χ0) is 19.2. The van der Waals surface area contributed by atoms with Crippen LogP contribution >= 0.6 is 11.8 Å². The third kappa shape index (κ3) is 4.40. The molecular formula is C19H20N4O3S. The van der Waals surface area contributed by atoms with E-state index >= 15 is 0 Å². The van der Waals surface area contributed by atoms with Crippen LogP contribution in [0.2, 0.25) is 0 Å². The van der Waals surface area contributed by atoms with Crippen molar-refractivity contribution >= 4 is 34.9 Å². The maximum absolute atomic E-state index is 12.0. The van der Waals surface area contributed by atoms with Gasteiger partial charge in [0.15, 0.2) is 16.7 Å². The number of carbonyl (C=O) groups is 1. The summed E-state index contributed by atoms with van der Waals surface area (Å²) < 4.78 is 12.4. The summed E-state index contributed by atoms with van der Waals surface area (Å²) in [6, 6.07) is 13.2. The first-order chi connectivity index (χ1) is 13.1. The summed E-state index contributed by atoms with van der Waals surface area (Å²) in [5, 5.41) is 4.78. The fraction of sp³-hybridized carbons (Fsp3) is 0.211. The van der Waals surface area contributed by atoms with E-state index in [1.54, 1.807) is 32.6 Å². The van der Waals surface area contributed by atoms with Gasteiger partial charge < -0.3 is 14.0 Å². The molecule has 140 valence electrons. The molecule has 3 rings (SSSR count). The quantitative estimate of drug-likeness (QED) is 0.385. The molecule has 7 nitrogen and oxygen atoms in total. The van der Waals surface area contributed by atoms with E-state index in [0.29, 0.717) is 11.5 Å². The van der Waals surface area contributed by atoms with Crippen molar-refractivity contribution in [2.24, 2.45) is 12.1 Å². The van der Waals surface area contributed by atoms with Crippen LogP contribution in [-0.2, 0) is 11.8 Å². The highest BCUT2D eigenvalue weighted by atomic mass is 32.2. The maximum atomic E-state index is 12.0. The van der Waals surface area contributed by atoms with Crippen molar-refractivity contribution in [2.45, 2.75) is 5.16 Å². The van der Waals surface area contributed by atoms with Crippen LogP contribution in [0.1, 0.15) is 5.56 Å². The molecule has 0 saturated carbocycles. The molecule has 0 aliphatic carbocycles. The number of imidazole rings is 1. The number of ether oxygens (including phenoxy) is 2. The molecule has 0 unspecified atom stereocenters. The molecule has 0 bridgehead atoms. The van der Waals surface area contributed by atoms with Gasteiger partial charge in [0.25, 0.3) is 5.91 Å². The average molecular weight is 384 g/mol. The molecule has 2 aromatic carbocycles. The summed E-state index contributed by atoms with van der Waals surface area (Å²) in [4.78, 5) is 16.6. The minimum absolute atomic E-state index is 0.205. The van der Waals surface area contributed by atoms with Gasteiger partial charge in [-0.05, 0) is 35.9 Å². The fourth-order valence-electron chi connectivity index (χ4n) is 2.53. The number of hydrogen-bond donors (Lipinski definition) is 1. The summed E-state index contributed by atoms with van der Waals surface area (Å²) >= 11 is 1.37. The number of benzene rings is 2. The van der Waals surface area contributed by atoms with Crippen LogP contribution in [-0.4, -0.2) is 41.6 Å². The van der Waals surface area contributed by atoms with Crippen LogP contribution in [0.3, 0.4) is 0 Å². The minimum Gasteiger partial charge on any atom is -0.493 e. The van der Waals surface area contributed by atoms with Gasteiger partial charge in [-0.1, -0.05) is 23.9 Å². The van der Waals surface area contributed by atoms with Gasteiger partial charge in [-0.3, -0.25) is 4.79 Å². The second kappa shape index (κ2) is 8.59. The molecular weight excluding hydrogens is 364 g/mol. The highest BCUT2D eigenvalue weighted by Crippen LogP contribution is 2.27. The number of fused-ring (bicyclic) bond motifs is 1. The van der Waals surface area contributed by atoms with Gasteiger partial charge in [0, 0.05) is 7.05 Å². The molecule has 0 radical (unpaired) electrons. The predicted molar refractivity (Wildman–Crippen MR) is 107 cm³/mol. The number of amides is 1. The van der Waals surface area contributed by atoms with Gasteiger partial charge >= 0.3 is 0 Å². The van der Waals surface area contributed by atoms with E-state index in [0.717, 1.165) is 21.8 Å². The van der Waals surface area contributed by atoms with E-state index in [1.807, 2.05) is 41.9 Å². The Kier molecular flexibility index (Phi) is 5.97. The van der Waals surface area contributed by atoms with Crippen molar-refractivity contribution in [1.82, 2.24) is 15.0 Å². The number of hydrazone groups is 1. The zero-order valence-electron chi connectivity index (χ0n) is 15.3. The second-order valence-electron chi connectivity index (χ2n) is 5.64. The predicted octanol–water partition coefficient (Wildman–Crippen LogP) is 2.83. The Morgan fingerprint density at radius 1 is 1.22 bits per heavy atom. The third-order valence-electron chi connectivity index (χ3n) is 3.89. The molecule has 1 heterocycles. The molecule has 8 heteroatoms. The highest BCUT2D eigenvalue weighted by Gasteiger charge is 2.10. The minimum atomic E-state index is -0.205. The van der Waals surface area contributed by atoms with Crippen molar-refractivity contribution in [1.29, 1.82) is 0 Å². The Bertz CT molecular complexity index is 984. The number of methoxy groups -OCH3 is 2. The molecule has 3 aromatic rings. The molecule has 1 N–H and O–H groups in total. The lowest BCUT2D eigenvalue weighted by molar-refractivity contribution is -0.118. The highest BCUT2D eigenvalue weighted by molar-refractivity contribution is 7.99. The third-order valence-corrected chi connectivity index (χ3v) is 4.92. The van der Waals surface area contributed by atoms with E-state index in [9.17, 15) is 4.79 Å². The molecule has 0 aliphatic heterocycles. The lowest BCUT2D eigenvalue weighted by atomic mass is 10.2. The van der Waals surface area contributed by atoms with E-state index < -0.39 is 0 Å². The number of carbonyl (C=O) groups excluding carboxylic acids is 1. The summed E-state index contributed by atoms with van der Waals surface area (Å²) in [6.07, 6.45) is 1.56. The maximum Gasteiger partial charge on any atom is 0.250 e. The summed E-state index contributed by atoms with van der Waals surface area (Å²) in [7, 11) is 5.08. The van der Waals surface area contributed by atoms with Gasteiger partial charge in [-0.2, -0.15) is 5.10 Å². The molecule has 0 saturated heterocycles. The van der Waals surface area contributed by atoms with E-state index in [2.05, 4.69) is 15.5 Å². The second-order valence-corrected chi connectivity index (χ2v) is 6.58. The van der Waals surface area contributed by atoms with Crippen LogP contribution in [0.4, 0.5) is 0 Å². The average Bonchev–Trinajstić information content (AvgIpc) is 3.02. The Morgan fingerprint density at radius 3 is 2.74 bits per heavy atom. The Hall–Kier alpha value is -3.00. The van der Waals surface area contributed by atoms with E-state index in [-0.39, 0.29) is 11.7 Å². The number of aromatic nitrogens is 2. The zero-order valence-corrected chi connectivity index (χ0v) is 16.1. The number of rotatable bonds is 7. The van der Waals surface area contributed by atoms with Crippen molar-refractivity contribution in [3.05, 3.63) is 48.0 Å². The largest absolute Gasteiger partial charge is 0.493 e. The van der Waals surface area contributed by atoms with Crippen molar-refractivity contribution < 1.29 is 14.3 Å². The first-order valence-corrected chi connectivity index (χ1v) is 9.19. The number of thioether (sulfide) groups is 1. The molecule has 1 amide bonds. The smallest absolute Gasteiger partial charge is 0.250 e. The van der Waals surface area contributed by atoms with Gasteiger partial charge in [0.1, 0.15) is 0 Å². The van der Waals surface area contributed by atoms with Crippen LogP contribution in [0, 0.1) is 0 Å². The molecule has 27 heavy (non-hydrogen) atoms. The molecule has 1 aromatic heterocycles. The first-order valence-electron chi connectivity index (χ1n) is 8.20. The Labute approximate surface area is 161 Å². The van der Waals surface area contributed by atoms with Crippen molar-refractivity contribution in [2.75, 3.05) is 20.0 Å². The normalized spacial score (nSPS) is 11.1. The summed E-state index contributed by atoms with van der Waals surface area (Å²) in [6.45, 7) is 0. The lowest BCUT2D eigenvalue weighted by Gasteiger charge is -2.07. The number of para-hydroxylation sites is 2. The standard InChI is InChI=1S/C19H20N4O3S/c1-23-15-7-5-4-6-14(15)21-19(23)27-12-18(24)22-20-11-13-8-9-16(25-2)17(10-13)26-3/h4-11H,12H2,1-3H3,(H,22,24)/b20-11-. The number of nitrogens with zero attached hydrogens (tertiary/aromatic N) is 3. The molecule has 0 spiro atoms. The Balaban J connectivity index is 1.56. The fourth-order valence-corrected chi connectivity index (χ4v) is 3.31. The monoisotopic (exact) mass is 384 g/mol. The summed E-state index contributed by atoms with van der Waals surface area (Å²) in [5.41, 5.74) is 5.25. The van der Waals surface area contributed by atoms with Crippen molar-refractivity contribution in [3.63, 3.8) is 0 Å². The number of hydrogen-bond acceptors (Lipinski definition) is 6. The van der Waals surface area contributed by atoms with Gasteiger partial charge in [-0.25, -0.2) is 10.4 Å². The Morgan fingerprint density at radius 2 is 2.00 bits per heavy atom. The van der Waals surface area contributed by atoms with E-state index in [1.165, 1.54) is 11.8 Å². The van der Waals surface area contributed by atoms with Gasteiger partial charge in [-0.15, -0.1) is 0 Å². The van der Waals surface area contributed by atoms with Crippen molar-refractivity contribution in [3.8, 4) is 11.5 Å². The number of aryl methyl sites for hydroxylation is 1. The molecule has 0 atom stereocenters. The van der Waals surface area contributed by atoms with Crippen LogP contribution < -0.4 is 14.9 Å². The van der Waals surface area contributed by atoms with Crippen LogP contribution in [0.25, 0.3) is 11.0 Å². The number of nitrogens with one attached hydrogen (secondary N) is 1. The van der Waals surface area contributed by atoms with Gasteiger partial charge in [0.2, 0.25) is 0 Å². The van der Waals surface area contributed by atoms with Crippen LogP contribution in [0.15, 0.2) is 52.7 Å². The molecule has 0 aliphatic rings. The van der Waals surface area contributed by atoms with Gasteiger partial charge in [0.05, 0.1) is 37.2 Å². The van der Waals surface area contributed by atoms with Crippen LogP contribution in [0.5, 0.6) is 11.5 Å². The lowest BCUT2D eigenvalue weighted by Crippen LogP contribution is -2.19.